The molecule has 0 aromatic carbocycles. The predicted octanol–water partition coefficient (Wildman–Crippen LogP) is 2.10. The minimum absolute atomic E-state index is 0.0752. The maximum atomic E-state index is 5.46. The number of hydrogen-bond acceptors (Lipinski definition) is 4. The third-order valence-corrected chi connectivity index (χ3v) is 2.08. The van der Waals surface area contributed by atoms with E-state index in [2.05, 4.69) is 31.1 Å². The topological polar surface area (TPSA) is 49.2 Å². The van der Waals surface area contributed by atoms with Gasteiger partial charge in [-0.2, -0.15) is 0 Å². The van der Waals surface area contributed by atoms with E-state index in [1.54, 1.807) is 0 Å². The first-order valence-electron chi connectivity index (χ1n) is 5.65. The molecule has 0 bridgehead atoms. The van der Waals surface area contributed by atoms with Crippen molar-refractivity contribution in [3.63, 3.8) is 0 Å². The third-order valence-electron chi connectivity index (χ3n) is 2.08. The first kappa shape index (κ1) is 13.1. The molecule has 1 aromatic rings. The molecule has 0 spiro atoms. The molecule has 0 atom stereocenters. The highest BCUT2D eigenvalue weighted by Crippen LogP contribution is 2.19. The molecule has 0 aliphatic rings. The second-order valence-electron chi connectivity index (χ2n) is 4.50. The Morgan fingerprint density at radius 2 is 1.81 bits per heavy atom. The lowest BCUT2D eigenvalue weighted by Gasteiger charge is -2.18. The van der Waals surface area contributed by atoms with Crippen LogP contribution in [0.15, 0.2) is 6.20 Å². The van der Waals surface area contributed by atoms with Gasteiger partial charge in [0.1, 0.15) is 5.69 Å². The van der Waals surface area contributed by atoms with Gasteiger partial charge in [-0.1, -0.05) is 5.21 Å². The zero-order chi connectivity index (χ0) is 12.2. The number of aromatic nitrogens is 3. The van der Waals surface area contributed by atoms with E-state index in [4.69, 9.17) is 9.47 Å². The van der Waals surface area contributed by atoms with Gasteiger partial charge in [-0.05, 0) is 34.6 Å². The largest absolute Gasteiger partial charge is 0.347 e. The van der Waals surface area contributed by atoms with E-state index >= 15 is 0 Å². The Labute approximate surface area is 96.7 Å². The highest BCUT2D eigenvalue weighted by Gasteiger charge is 2.20. The van der Waals surface area contributed by atoms with Gasteiger partial charge in [0, 0.05) is 13.2 Å². The highest BCUT2D eigenvalue weighted by molar-refractivity contribution is 4.96. The van der Waals surface area contributed by atoms with Gasteiger partial charge in [-0.3, -0.25) is 0 Å². The summed E-state index contributed by atoms with van der Waals surface area (Å²) in [4.78, 5) is 0. The Balaban J connectivity index is 2.81. The minimum Gasteiger partial charge on any atom is -0.347 e. The molecule has 0 aliphatic heterocycles. The first-order valence-corrected chi connectivity index (χ1v) is 5.65. The highest BCUT2D eigenvalue weighted by atomic mass is 16.7. The minimum atomic E-state index is -0.411. The fourth-order valence-corrected chi connectivity index (χ4v) is 1.23. The first-order chi connectivity index (χ1) is 7.49. The molecule has 92 valence electrons. The Bertz CT molecular complexity index is 311. The Morgan fingerprint density at radius 1 is 1.25 bits per heavy atom. The number of ether oxygens (including phenoxy) is 2. The van der Waals surface area contributed by atoms with E-state index in [1.807, 2.05) is 24.7 Å². The van der Waals surface area contributed by atoms with E-state index in [0.29, 0.717) is 13.2 Å². The summed E-state index contributed by atoms with van der Waals surface area (Å²) < 4.78 is 12.7. The standard InChI is InChI=1S/C11H21N3O2/c1-6-15-10(16-7-2)9-8-14(13-12-9)11(3,4)5/h8,10H,6-7H2,1-5H3. The van der Waals surface area contributed by atoms with Crippen LogP contribution in [0.1, 0.15) is 46.6 Å². The van der Waals surface area contributed by atoms with E-state index < -0.39 is 6.29 Å². The molecule has 5 heteroatoms. The molecule has 1 heterocycles. The molecular formula is C11H21N3O2. The molecule has 16 heavy (non-hydrogen) atoms. The fourth-order valence-electron chi connectivity index (χ4n) is 1.23. The Hall–Kier alpha value is -0.940. The van der Waals surface area contributed by atoms with Crippen LogP contribution in [0.5, 0.6) is 0 Å². The zero-order valence-electron chi connectivity index (χ0n) is 10.7. The van der Waals surface area contributed by atoms with Gasteiger partial charge in [-0.25, -0.2) is 4.68 Å². The molecule has 5 nitrogen and oxygen atoms in total. The van der Waals surface area contributed by atoms with Gasteiger partial charge in [0.2, 0.25) is 6.29 Å². The second-order valence-corrected chi connectivity index (χ2v) is 4.50. The summed E-state index contributed by atoms with van der Waals surface area (Å²) in [5.41, 5.74) is 0.646. The summed E-state index contributed by atoms with van der Waals surface area (Å²) in [6.45, 7) is 11.3. The molecule has 0 N–H and O–H groups in total. The van der Waals surface area contributed by atoms with Gasteiger partial charge < -0.3 is 9.47 Å². The van der Waals surface area contributed by atoms with Crippen LogP contribution in [0.2, 0.25) is 0 Å². The van der Waals surface area contributed by atoms with Gasteiger partial charge in [0.05, 0.1) is 11.7 Å². The van der Waals surface area contributed by atoms with Crippen LogP contribution < -0.4 is 0 Å². The van der Waals surface area contributed by atoms with Crippen molar-refractivity contribution in [3.8, 4) is 0 Å². The molecule has 1 aromatic heterocycles. The van der Waals surface area contributed by atoms with E-state index in [-0.39, 0.29) is 5.54 Å². The summed E-state index contributed by atoms with van der Waals surface area (Å²) in [7, 11) is 0. The molecular weight excluding hydrogens is 206 g/mol. The molecule has 0 saturated carbocycles. The molecule has 0 fully saturated rings. The van der Waals surface area contributed by atoms with Crippen LogP contribution in [-0.4, -0.2) is 28.2 Å². The predicted molar refractivity (Wildman–Crippen MR) is 61.0 cm³/mol. The number of rotatable bonds is 5. The van der Waals surface area contributed by atoms with Crippen LogP contribution in [-0.2, 0) is 15.0 Å². The van der Waals surface area contributed by atoms with Crippen LogP contribution in [0.4, 0.5) is 0 Å². The normalized spacial score (nSPS) is 12.4. The van der Waals surface area contributed by atoms with Crippen molar-refractivity contribution in [1.82, 2.24) is 15.0 Å². The quantitative estimate of drug-likeness (QED) is 0.723. The molecule has 0 saturated heterocycles. The van der Waals surface area contributed by atoms with Crippen LogP contribution in [0.3, 0.4) is 0 Å². The second kappa shape index (κ2) is 5.41. The van der Waals surface area contributed by atoms with Gasteiger partial charge in [-0.15, -0.1) is 5.10 Å². The average molecular weight is 227 g/mol. The Morgan fingerprint density at radius 3 is 2.19 bits per heavy atom. The SMILES string of the molecule is CCOC(OCC)c1cn(C(C)(C)C)nn1. The van der Waals surface area contributed by atoms with Crippen molar-refractivity contribution in [2.24, 2.45) is 0 Å². The smallest absolute Gasteiger partial charge is 0.204 e. The summed E-state index contributed by atoms with van der Waals surface area (Å²) in [6, 6.07) is 0. The van der Waals surface area contributed by atoms with Crippen molar-refractivity contribution in [2.45, 2.75) is 46.4 Å². The van der Waals surface area contributed by atoms with Crippen LogP contribution in [0, 0.1) is 0 Å². The maximum Gasteiger partial charge on any atom is 0.204 e. The third kappa shape index (κ3) is 3.28. The number of hydrogen-bond donors (Lipinski definition) is 0. The van der Waals surface area contributed by atoms with E-state index in [1.165, 1.54) is 0 Å². The molecule has 0 unspecified atom stereocenters. The van der Waals surface area contributed by atoms with E-state index in [0.717, 1.165) is 5.69 Å². The van der Waals surface area contributed by atoms with Crippen LogP contribution in [0.25, 0.3) is 0 Å². The van der Waals surface area contributed by atoms with Gasteiger partial charge in [0.15, 0.2) is 0 Å². The maximum absolute atomic E-state index is 5.46. The van der Waals surface area contributed by atoms with Crippen LogP contribution >= 0.6 is 0 Å². The molecule has 0 radical (unpaired) electrons. The number of nitrogens with zero attached hydrogens (tertiary/aromatic N) is 3. The average Bonchev–Trinajstić information content (AvgIpc) is 2.65. The van der Waals surface area contributed by atoms with Gasteiger partial charge >= 0.3 is 0 Å². The lowest BCUT2D eigenvalue weighted by Crippen LogP contribution is -2.22. The summed E-state index contributed by atoms with van der Waals surface area (Å²) in [5, 5.41) is 8.16. The fraction of sp³-hybridized carbons (Fsp3) is 0.818. The Kier molecular flexibility index (Phi) is 4.44. The van der Waals surface area contributed by atoms with E-state index in [9.17, 15) is 0 Å². The van der Waals surface area contributed by atoms with Crippen molar-refractivity contribution in [2.75, 3.05) is 13.2 Å². The van der Waals surface area contributed by atoms with Crippen molar-refractivity contribution in [1.29, 1.82) is 0 Å². The van der Waals surface area contributed by atoms with Crippen molar-refractivity contribution >= 4 is 0 Å². The van der Waals surface area contributed by atoms with Crippen molar-refractivity contribution in [3.05, 3.63) is 11.9 Å². The summed E-state index contributed by atoms with van der Waals surface area (Å²) in [5.74, 6) is 0. The summed E-state index contributed by atoms with van der Waals surface area (Å²) >= 11 is 0. The molecule has 0 aliphatic carbocycles. The monoisotopic (exact) mass is 227 g/mol. The lowest BCUT2D eigenvalue weighted by atomic mass is 10.1. The lowest BCUT2D eigenvalue weighted by molar-refractivity contribution is -0.142. The molecule has 1 rings (SSSR count). The summed E-state index contributed by atoms with van der Waals surface area (Å²) in [6.07, 6.45) is 1.46. The van der Waals surface area contributed by atoms with Crippen molar-refractivity contribution < 1.29 is 9.47 Å². The van der Waals surface area contributed by atoms with Gasteiger partial charge in [0.25, 0.3) is 0 Å². The zero-order valence-corrected chi connectivity index (χ0v) is 10.7. The molecule has 0 amide bonds.